The van der Waals surface area contributed by atoms with Crippen LogP contribution >= 0.6 is 0 Å². The zero-order valence-electron chi connectivity index (χ0n) is 15.7. The predicted molar refractivity (Wildman–Crippen MR) is 106 cm³/mol. The van der Waals surface area contributed by atoms with Gasteiger partial charge in [0.15, 0.2) is 5.65 Å². The first kappa shape index (κ1) is 19.3. The summed E-state index contributed by atoms with van der Waals surface area (Å²) >= 11 is 0. The number of nitrogens with zero attached hydrogens (tertiary/aromatic N) is 3. The molecule has 1 fully saturated rings. The highest BCUT2D eigenvalue weighted by Gasteiger charge is 2.26. The minimum absolute atomic E-state index is 0.173. The van der Waals surface area contributed by atoms with Gasteiger partial charge in [-0.3, -0.25) is 0 Å². The fourth-order valence-electron chi connectivity index (χ4n) is 3.03. The van der Waals surface area contributed by atoms with Crippen LogP contribution in [0, 0.1) is 0 Å². The van der Waals surface area contributed by atoms with Crippen molar-refractivity contribution in [3.8, 4) is 0 Å². The molecule has 2 aromatic rings. The van der Waals surface area contributed by atoms with E-state index in [1.807, 2.05) is 12.1 Å². The van der Waals surface area contributed by atoms with Gasteiger partial charge in [-0.1, -0.05) is 19.6 Å². The average Bonchev–Trinajstić information content (AvgIpc) is 3.02. The molecule has 0 bridgehead atoms. The molecule has 0 radical (unpaired) electrons. The lowest BCUT2D eigenvalue weighted by molar-refractivity contribution is 0.165. The summed E-state index contributed by atoms with van der Waals surface area (Å²) in [5.41, 5.74) is 1.69. The van der Waals surface area contributed by atoms with E-state index >= 15 is 0 Å². The largest absolute Gasteiger partial charge is 0.362 e. The molecular weight excluding hydrogens is 368 g/mol. The molecule has 0 unspecified atom stereocenters. The molecule has 1 N–H and O–H groups in total. The molecule has 2 aromatic heterocycles. The van der Waals surface area contributed by atoms with Crippen LogP contribution in [-0.4, -0.2) is 55.9 Å². The molecule has 26 heavy (non-hydrogen) atoms. The molecule has 1 saturated heterocycles. The lowest BCUT2D eigenvalue weighted by Crippen LogP contribution is -2.23. The summed E-state index contributed by atoms with van der Waals surface area (Å²) in [7, 11) is -3.97. The standard InChI is InChI=1S/C17H28N4O3SSi/c1-26(2,3)11-8-24-13-18-17-12-15(20-16-4-7-19-21(16)17)14-5-9-25(22,23)10-6-14/h4,7,12,14,18H,5-6,8-11,13H2,1-3H3. The normalized spacial score (nSPS) is 18.3. The number of hydrogen-bond donors (Lipinski definition) is 1. The second-order valence-corrected chi connectivity index (χ2v) is 16.1. The third kappa shape index (κ3) is 5.05. The summed E-state index contributed by atoms with van der Waals surface area (Å²) in [6.45, 7) is 8.16. The molecular formula is C17H28N4O3SSi. The van der Waals surface area contributed by atoms with Crippen molar-refractivity contribution in [2.45, 2.75) is 44.4 Å². The Morgan fingerprint density at radius 3 is 2.73 bits per heavy atom. The highest BCUT2D eigenvalue weighted by Crippen LogP contribution is 2.29. The van der Waals surface area contributed by atoms with E-state index in [9.17, 15) is 8.42 Å². The van der Waals surface area contributed by atoms with Gasteiger partial charge in [0, 0.05) is 38.4 Å². The van der Waals surface area contributed by atoms with Crippen LogP contribution in [0.3, 0.4) is 0 Å². The van der Waals surface area contributed by atoms with Crippen LogP contribution in [-0.2, 0) is 14.6 Å². The molecule has 0 spiro atoms. The molecule has 0 atom stereocenters. The lowest BCUT2D eigenvalue weighted by atomic mass is 9.98. The van der Waals surface area contributed by atoms with Gasteiger partial charge in [0.1, 0.15) is 22.4 Å². The first-order valence-electron chi connectivity index (χ1n) is 9.10. The number of rotatable bonds is 7. The van der Waals surface area contributed by atoms with Crippen molar-refractivity contribution in [3.63, 3.8) is 0 Å². The van der Waals surface area contributed by atoms with E-state index in [-0.39, 0.29) is 17.4 Å². The number of aromatic nitrogens is 3. The highest BCUT2D eigenvalue weighted by atomic mass is 32.2. The van der Waals surface area contributed by atoms with Crippen LogP contribution < -0.4 is 5.32 Å². The van der Waals surface area contributed by atoms with Gasteiger partial charge in [0.2, 0.25) is 0 Å². The van der Waals surface area contributed by atoms with Crippen LogP contribution in [0.4, 0.5) is 5.82 Å². The van der Waals surface area contributed by atoms with Gasteiger partial charge < -0.3 is 10.1 Å². The summed E-state index contributed by atoms with van der Waals surface area (Å²) in [6.07, 6.45) is 2.98. The van der Waals surface area contributed by atoms with Gasteiger partial charge in [0.05, 0.1) is 17.7 Å². The number of nitrogens with one attached hydrogen (secondary N) is 1. The Morgan fingerprint density at radius 2 is 2.04 bits per heavy atom. The number of fused-ring (bicyclic) bond motifs is 1. The summed E-state index contributed by atoms with van der Waals surface area (Å²) in [5.74, 6) is 1.49. The van der Waals surface area contributed by atoms with Crippen LogP contribution in [0.1, 0.15) is 24.5 Å². The molecule has 7 nitrogen and oxygen atoms in total. The molecule has 1 aliphatic rings. The SMILES string of the molecule is C[Si](C)(C)CCOCNc1cc(C2CCS(=O)(=O)CC2)nc2ccnn12. The minimum atomic E-state index is -2.88. The Balaban J connectivity index is 1.68. The molecule has 1 aliphatic heterocycles. The number of sulfone groups is 1. The molecule has 144 valence electrons. The van der Waals surface area contributed by atoms with E-state index in [4.69, 9.17) is 4.74 Å². The first-order chi connectivity index (χ1) is 12.2. The van der Waals surface area contributed by atoms with Crippen molar-refractivity contribution in [1.82, 2.24) is 14.6 Å². The Labute approximate surface area is 156 Å². The van der Waals surface area contributed by atoms with E-state index < -0.39 is 17.9 Å². The third-order valence-electron chi connectivity index (χ3n) is 4.70. The quantitative estimate of drug-likeness (QED) is 0.440. The second-order valence-electron chi connectivity index (χ2n) is 8.13. The van der Waals surface area contributed by atoms with Crippen molar-refractivity contribution < 1.29 is 13.2 Å². The predicted octanol–water partition coefficient (Wildman–Crippen LogP) is 2.75. The maximum atomic E-state index is 11.7. The average molecular weight is 397 g/mol. The second kappa shape index (κ2) is 7.65. The van der Waals surface area contributed by atoms with E-state index in [2.05, 4.69) is 35.0 Å². The molecule has 0 saturated carbocycles. The number of ether oxygens (including phenoxy) is 1. The van der Waals surface area contributed by atoms with Gasteiger partial charge in [-0.05, 0) is 18.9 Å². The summed E-state index contributed by atoms with van der Waals surface area (Å²) in [4.78, 5) is 4.67. The molecule has 9 heteroatoms. The zero-order chi connectivity index (χ0) is 18.8. The zero-order valence-corrected chi connectivity index (χ0v) is 17.6. The smallest absolute Gasteiger partial charge is 0.157 e. The van der Waals surface area contributed by atoms with Crippen molar-refractivity contribution in [2.24, 2.45) is 0 Å². The summed E-state index contributed by atoms with van der Waals surface area (Å²) in [5, 5.41) is 7.60. The van der Waals surface area contributed by atoms with Crippen LogP contribution in [0.2, 0.25) is 25.7 Å². The monoisotopic (exact) mass is 396 g/mol. The molecule has 0 aliphatic carbocycles. The van der Waals surface area contributed by atoms with E-state index in [1.165, 1.54) is 0 Å². The third-order valence-corrected chi connectivity index (χ3v) is 8.12. The van der Waals surface area contributed by atoms with Gasteiger partial charge >= 0.3 is 0 Å². The molecule has 0 aromatic carbocycles. The van der Waals surface area contributed by atoms with Gasteiger partial charge in [-0.25, -0.2) is 13.4 Å². The van der Waals surface area contributed by atoms with E-state index in [1.54, 1.807) is 10.7 Å². The molecule has 3 heterocycles. The maximum absolute atomic E-state index is 11.7. The van der Waals surface area contributed by atoms with Gasteiger partial charge in [-0.15, -0.1) is 0 Å². The summed E-state index contributed by atoms with van der Waals surface area (Å²) in [6, 6.07) is 4.97. The summed E-state index contributed by atoms with van der Waals surface area (Å²) < 4.78 is 30.8. The number of anilines is 1. The van der Waals surface area contributed by atoms with E-state index in [0.717, 1.165) is 29.8 Å². The first-order valence-corrected chi connectivity index (χ1v) is 14.6. The van der Waals surface area contributed by atoms with Crippen molar-refractivity contribution in [3.05, 3.63) is 24.0 Å². The van der Waals surface area contributed by atoms with Crippen molar-refractivity contribution in [1.29, 1.82) is 0 Å². The topological polar surface area (TPSA) is 85.6 Å². The fourth-order valence-corrected chi connectivity index (χ4v) is 5.28. The maximum Gasteiger partial charge on any atom is 0.157 e. The Bertz CT molecular complexity index is 847. The molecule has 3 rings (SSSR count). The van der Waals surface area contributed by atoms with Crippen molar-refractivity contribution in [2.75, 3.05) is 30.2 Å². The van der Waals surface area contributed by atoms with Crippen molar-refractivity contribution >= 4 is 29.4 Å². The van der Waals surface area contributed by atoms with Crippen LogP contribution in [0.15, 0.2) is 18.3 Å². The lowest BCUT2D eigenvalue weighted by Gasteiger charge is -2.22. The van der Waals surface area contributed by atoms with Crippen LogP contribution in [0.25, 0.3) is 5.65 Å². The van der Waals surface area contributed by atoms with Gasteiger partial charge in [-0.2, -0.15) is 9.61 Å². The Morgan fingerprint density at radius 1 is 1.31 bits per heavy atom. The highest BCUT2D eigenvalue weighted by molar-refractivity contribution is 7.91. The number of hydrogen-bond acceptors (Lipinski definition) is 6. The minimum Gasteiger partial charge on any atom is -0.362 e. The Kier molecular flexibility index (Phi) is 5.69. The van der Waals surface area contributed by atoms with Crippen LogP contribution in [0.5, 0.6) is 0 Å². The molecule has 0 amide bonds. The Hall–Kier alpha value is -1.45. The van der Waals surface area contributed by atoms with Gasteiger partial charge in [0.25, 0.3) is 0 Å². The fraction of sp³-hybridized carbons (Fsp3) is 0.647. The van der Waals surface area contributed by atoms with E-state index in [0.29, 0.717) is 19.6 Å².